The van der Waals surface area contributed by atoms with E-state index in [4.69, 9.17) is 5.11 Å². The van der Waals surface area contributed by atoms with E-state index in [0.717, 1.165) is 38.6 Å². The molecule has 1 saturated carbocycles. The smallest absolute Gasteiger partial charge is 0.293 e. The summed E-state index contributed by atoms with van der Waals surface area (Å²) in [5.41, 5.74) is -0.0165. The predicted molar refractivity (Wildman–Crippen MR) is 66.2 cm³/mol. The largest absolute Gasteiger partial charge is 0.396 e. The first-order chi connectivity index (χ1) is 8.33. The predicted octanol–water partition coefficient (Wildman–Crippen LogP) is 1.15. The van der Waals surface area contributed by atoms with E-state index in [1.165, 1.54) is 0 Å². The Kier molecular flexibility index (Phi) is 4.14. The van der Waals surface area contributed by atoms with Crippen LogP contribution in [-0.2, 0) is 0 Å². The van der Waals surface area contributed by atoms with E-state index in [2.05, 4.69) is 10.3 Å². The van der Waals surface area contributed by atoms with Gasteiger partial charge in [-0.3, -0.25) is 4.79 Å². The number of aliphatic hydroxyl groups excluding tert-OH is 1. The third-order valence-electron chi connectivity index (χ3n) is 2.94. The van der Waals surface area contributed by atoms with Crippen LogP contribution in [0.1, 0.15) is 38.1 Å². The average molecular weight is 237 g/mol. The molecule has 1 heterocycles. The molecule has 0 unspecified atom stereocenters. The number of nitrogens with one attached hydrogen (secondary N) is 1. The van der Waals surface area contributed by atoms with Gasteiger partial charge in [0.05, 0.1) is 0 Å². The van der Waals surface area contributed by atoms with Crippen LogP contribution in [0.3, 0.4) is 0 Å². The first-order valence-corrected chi connectivity index (χ1v) is 6.25. The summed E-state index contributed by atoms with van der Waals surface area (Å²) < 4.78 is 1.77. The van der Waals surface area contributed by atoms with Crippen molar-refractivity contribution in [1.29, 1.82) is 0 Å². The van der Waals surface area contributed by atoms with Crippen LogP contribution in [0.2, 0.25) is 0 Å². The maximum atomic E-state index is 12.0. The van der Waals surface area contributed by atoms with Crippen molar-refractivity contribution in [2.24, 2.45) is 0 Å². The maximum Gasteiger partial charge on any atom is 0.293 e. The Morgan fingerprint density at radius 1 is 1.41 bits per heavy atom. The quantitative estimate of drug-likeness (QED) is 0.698. The monoisotopic (exact) mass is 237 g/mol. The molecular formula is C12H19N3O2. The van der Waals surface area contributed by atoms with E-state index >= 15 is 0 Å². The molecule has 0 spiro atoms. The zero-order valence-corrected chi connectivity index (χ0v) is 9.93. The molecule has 0 radical (unpaired) electrons. The molecule has 1 aliphatic carbocycles. The first kappa shape index (κ1) is 12.1. The van der Waals surface area contributed by atoms with Crippen molar-refractivity contribution < 1.29 is 5.11 Å². The van der Waals surface area contributed by atoms with E-state index in [1.54, 1.807) is 17.0 Å². The van der Waals surface area contributed by atoms with Crippen molar-refractivity contribution in [3.63, 3.8) is 0 Å². The second-order valence-corrected chi connectivity index (χ2v) is 4.43. The molecule has 5 nitrogen and oxygen atoms in total. The third kappa shape index (κ3) is 3.30. The molecule has 17 heavy (non-hydrogen) atoms. The standard InChI is InChI=1S/C12H19N3O2/c16-9-3-1-2-6-13-11-12(17)15(8-7-14-11)10-4-5-10/h7-8,10,16H,1-6,9H2,(H,13,14). The first-order valence-electron chi connectivity index (χ1n) is 6.25. The van der Waals surface area contributed by atoms with Gasteiger partial charge in [-0.1, -0.05) is 0 Å². The zero-order valence-electron chi connectivity index (χ0n) is 9.93. The van der Waals surface area contributed by atoms with Gasteiger partial charge in [0.25, 0.3) is 5.56 Å². The molecular weight excluding hydrogens is 218 g/mol. The van der Waals surface area contributed by atoms with E-state index < -0.39 is 0 Å². The van der Waals surface area contributed by atoms with Crippen LogP contribution in [0.5, 0.6) is 0 Å². The second-order valence-electron chi connectivity index (χ2n) is 4.43. The Labute approximate surface area is 100 Å². The Bertz CT molecular complexity index is 412. The summed E-state index contributed by atoms with van der Waals surface area (Å²) in [4.78, 5) is 16.0. The number of nitrogens with zero attached hydrogens (tertiary/aromatic N) is 2. The number of hydrogen-bond donors (Lipinski definition) is 2. The van der Waals surface area contributed by atoms with Crippen molar-refractivity contribution in [3.05, 3.63) is 22.7 Å². The Morgan fingerprint density at radius 2 is 2.24 bits per heavy atom. The van der Waals surface area contributed by atoms with Crippen molar-refractivity contribution in [2.45, 2.75) is 38.1 Å². The molecule has 1 fully saturated rings. The number of unbranched alkanes of at least 4 members (excludes halogenated alkanes) is 2. The van der Waals surface area contributed by atoms with Crippen molar-refractivity contribution in [2.75, 3.05) is 18.5 Å². The minimum absolute atomic E-state index is 0.0165. The van der Waals surface area contributed by atoms with Gasteiger partial charge in [0, 0.05) is 31.6 Å². The molecule has 1 aliphatic rings. The SMILES string of the molecule is O=c1c(NCCCCCO)nccn1C1CC1. The lowest BCUT2D eigenvalue weighted by atomic mass is 10.2. The molecule has 1 aromatic heterocycles. The zero-order chi connectivity index (χ0) is 12.1. The highest BCUT2D eigenvalue weighted by Gasteiger charge is 2.25. The maximum absolute atomic E-state index is 12.0. The van der Waals surface area contributed by atoms with Crippen LogP contribution in [-0.4, -0.2) is 27.8 Å². The summed E-state index contributed by atoms with van der Waals surface area (Å²) in [5.74, 6) is 0.448. The Morgan fingerprint density at radius 3 is 2.94 bits per heavy atom. The van der Waals surface area contributed by atoms with Crippen LogP contribution >= 0.6 is 0 Å². The third-order valence-corrected chi connectivity index (χ3v) is 2.94. The lowest BCUT2D eigenvalue weighted by Gasteiger charge is -2.07. The van der Waals surface area contributed by atoms with Crippen molar-refractivity contribution >= 4 is 5.82 Å². The highest BCUT2D eigenvalue weighted by molar-refractivity contribution is 5.30. The second kappa shape index (κ2) is 5.82. The number of anilines is 1. The lowest BCUT2D eigenvalue weighted by molar-refractivity contribution is 0.283. The molecule has 94 valence electrons. The van der Waals surface area contributed by atoms with E-state index in [-0.39, 0.29) is 12.2 Å². The molecule has 2 rings (SSSR count). The average Bonchev–Trinajstić information content (AvgIpc) is 3.15. The van der Waals surface area contributed by atoms with Crippen LogP contribution < -0.4 is 10.9 Å². The minimum Gasteiger partial charge on any atom is -0.396 e. The van der Waals surface area contributed by atoms with Crippen LogP contribution in [0, 0.1) is 0 Å². The van der Waals surface area contributed by atoms with Crippen LogP contribution in [0.25, 0.3) is 0 Å². The van der Waals surface area contributed by atoms with Gasteiger partial charge in [-0.15, -0.1) is 0 Å². The van der Waals surface area contributed by atoms with Gasteiger partial charge in [-0.25, -0.2) is 4.98 Å². The summed E-state index contributed by atoms with van der Waals surface area (Å²) >= 11 is 0. The van der Waals surface area contributed by atoms with Gasteiger partial charge in [-0.2, -0.15) is 0 Å². The Balaban J connectivity index is 1.87. The molecule has 0 amide bonds. The fraction of sp³-hybridized carbons (Fsp3) is 0.667. The number of aliphatic hydroxyl groups is 1. The van der Waals surface area contributed by atoms with Gasteiger partial charge < -0.3 is 15.0 Å². The number of aromatic nitrogens is 2. The molecule has 0 bridgehead atoms. The fourth-order valence-electron chi connectivity index (χ4n) is 1.81. The van der Waals surface area contributed by atoms with Gasteiger partial charge in [0.15, 0.2) is 5.82 Å². The van der Waals surface area contributed by atoms with Gasteiger partial charge in [0.1, 0.15) is 0 Å². The van der Waals surface area contributed by atoms with E-state index in [1.807, 2.05) is 0 Å². The summed E-state index contributed by atoms with van der Waals surface area (Å²) in [5, 5.41) is 11.7. The molecule has 0 aromatic carbocycles. The summed E-state index contributed by atoms with van der Waals surface area (Å²) in [6.45, 7) is 0.967. The summed E-state index contributed by atoms with van der Waals surface area (Å²) in [6, 6.07) is 0.389. The van der Waals surface area contributed by atoms with Gasteiger partial charge in [0.2, 0.25) is 0 Å². The molecule has 1 aromatic rings. The normalized spacial score (nSPS) is 14.9. The molecule has 2 N–H and O–H groups in total. The number of rotatable bonds is 7. The van der Waals surface area contributed by atoms with Crippen LogP contribution in [0.4, 0.5) is 5.82 Å². The lowest BCUT2D eigenvalue weighted by Crippen LogP contribution is -2.24. The molecule has 0 aliphatic heterocycles. The molecule has 0 saturated heterocycles. The topological polar surface area (TPSA) is 67.2 Å². The van der Waals surface area contributed by atoms with Crippen LogP contribution in [0.15, 0.2) is 17.2 Å². The Hall–Kier alpha value is -1.36. The molecule has 0 atom stereocenters. The number of hydrogen-bond acceptors (Lipinski definition) is 4. The van der Waals surface area contributed by atoms with Crippen molar-refractivity contribution in [3.8, 4) is 0 Å². The highest BCUT2D eigenvalue weighted by atomic mass is 16.2. The highest BCUT2D eigenvalue weighted by Crippen LogP contribution is 2.33. The van der Waals surface area contributed by atoms with Gasteiger partial charge >= 0.3 is 0 Å². The minimum atomic E-state index is -0.0165. The van der Waals surface area contributed by atoms with Crippen molar-refractivity contribution in [1.82, 2.24) is 9.55 Å². The summed E-state index contributed by atoms with van der Waals surface area (Å²) in [7, 11) is 0. The fourth-order valence-corrected chi connectivity index (χ4v) is 1.81. The van der Waals surface area contributed by atoms with E-state index in [9.17, 15) is 4.79 Å². The van der Waals surface area contributed by atoms with E-state index in [0.29, 0.717) is 11.9 Å². The molecule has 5 heteroatoms. The van der Waals surface area contributed by atoms with Gasteiger partial charge in [-0.05, 0) is 32.1 Å². The summed E-state index contributed by atoms with van der Waals surface area (Å²) in [6.07, 6.45) is 8.36.